The topological polar surface area (TPSA) is 53.8 Å². The Labute approximate surface area is 76.8 Å². The lowest BCUT2D eigenvalue weighted by Gasteiger charge is -2.04. The zero-order valence-electron chi connectivity index (χ0n) is 6.67. The molecular formula is C8H3F3N2O. The molecule has 0 bridgehead atoms. The summed E-state index contributed by atoms with van der Waals surface area (Å²) < 4.78 is 37.2. The number of alkyl halides is 2. The SMILES string of the molecule is N#Cc1cnc(F)c(C(F)F)c1C=O. The molecule has 0 fully saturated rings. The third kappa shape index (κ3) is 1.57. The van der Waals surface area contributed by atoms with Crippen molar-refractivity contribution in [1.82, 2.24) is 4.98 Å². The first-order valence-electron chi connectivity index (χ1n) is 3.43. The van der Waals surface area contributed by atoms with Crippen molar-refractivity contribution in [3.05, 3.63) is 28.8 Å². The highest BCUT2D eigenvalue weighted by Crippen LogP contribution is 2.25. The van der Waals surface area contributed by atoms with E-state index in [4.69, 9.17) is 5.26 Å². The van der Waals surface area contributed by atoms with Crippen molar-refractivity contribution in [3.8, 4) is 6.07 Å². The number of aromatic nitrogens is 1. The molecule has 1 rings (SSSR count). The third-order valence-electron chi connectivity index (χ3n) is 1.57. The molecule has 0 aliphatic rings. The van der Waals surface area contributed by atoms with Gasteiger partial charge in [-0.05, 0) is 0 Å². The second-order valence-electron chi connectivity index (χ2n) is 2.32. The minimum Gasteiger partial charge on any atom is -0.298 e. The summed E-state index contributed by atoms with van der Waals surface area (Å²) in [5, 5.41) is 8.43. The van der Waals surface area contributed by atoms with Crippen molar-refractivity contribution in [2.75, 3.05) is 0 Å². The second-order valence-corrected chi connectivity index (χ2v) is 2.32. The van der Waals surface area contributed by atoms with Crippen LogP contribution in [0.3, 0.4) is 0 Å². The number of carbonyl (C=O) groups excluding carboxylic acids is 1. The van der Waals surface area contributed by atoms with Gasteiger partial charge in [-0.2, -0.15) is 9.65 Å². The zero-order chi connectivity index (χ0) is 10.7. The van der Waals surface area contributed by atoms with Crippen LogP contribution in [0.2, 0.25) is 0 Å². The maximum absolute atomic E-state index is 12.7. The highest BCUT2D eigenvalue weighted by Gasteiger charge is 2.22. The quantitative estimate of drug-likeness (QED) is 0.540. The summed E-state index contributed by atoms with van der Waals surface area (Å²) in [5.74, 6) is -1.43. The molecule has 72 valence electrons. The highest BCUT2D eigenvalue weighted by atomic mass is 19.3. The Morgan fingerprint density at radius 3 is 2.64 bits per heavy atom. The van der Waals surface area contributed by atoms with Gasteiger partial charge in [0.1, 0.15) is 6.07 Å². The molecule has 0 spiro atoms. The lowest BCUT2D eigenvalue weighted by molar-refractivity contribution is 0.110. The summed E-state index contributed by atoms with van der Waals surface area (Å²) in [4.78, 5) is 13.3. The van der Waals surface area contributed by atoms with Crippen LogP contribution in [-0.4, -0.2) is 11.3 Å². The average Bonchev–Trinajstić information content (AvgIpc) is 2.16. The Kier molecular flexibility index (Phi) is 2.82. The van der Waals surface area contributed by atoms with Crippen LogP contribution >= 0.6 is 0 Å². The van der Waals surface area contributed by atoms with E-state index in [2.05, 4.69) is 4.98 Å². The largest absolute Gasteiger partial charge is 0.298 e. The number of pyridine rings is 1. The molecule has 0 unspecified atom stereocenters. The van der Waals surface area contributed by atoms with Crippen LogP contribution in [0, 0.1) is 17.3 Å². The Bertz CT molecular complexity index is 412. The van der Waals surface area contributed by atoms with E-state index < -0.39 is 23.5 Å². The van der Waals surface area contributed by atoms with Gasteiger partial charge in [-0.1, -0.05) is 0 Å². The minimum absolute atomic E-state index is 0.0187. The van der Waals surface area contributed by atoms with Gasteiger partial charge in [0.05, 0.1) is 11.1 Å². The number of hydrogen-bond donors (Lipinski definition) is 0. The molecule has 0 N–H and O–H groups in total. The van der Waals surface area contributed by atoms with Crippen LogP contribution in [-0.2, 0) is 0 Å². The van der Waals surface area contributed by atoms with Crippen molar-refractivity contribution in [2.24, 2.45) is 0 Å². The van der Waals surface area contributed by atoms with Gasteiger partial charge in [0.25, 0.3) is 6.43 Å². The summed E-state index contributed by atoms with van der Waals surface area (Å²) >= 11 is 0. The summed E-state index contributed by atoms with van der Waals surface area (Å²) in [5.41, 5.74) is -2.13. The zero-order valence-corrected chi connectivity index (χ0v) is 6.67. The van der Waals surface area contributed by atoms with Gasteiger partial charge < -0.3 is 0 Å². The van der Waals surface area contributed by atoms with Gasteiger partial charge in [0.2, 0.25) is 5.95 Å². The first-order chi connectivity index (χ1) is 6.61. The van der Waals surface area contributed by atoms with E-state index in [1.165, 1.54) is 6.07 Å². The summed E-state index contributed by atoms with van der Waals surface area (Å²) in [6.45, 7) is 0. The molecule has 0 aliphatic heterocycles. The molecule has 6 heteroatoms. The molecule has 0 saturated heterocycles. The van der Waals surface area contributed by atoms with Crippen molar-refractivity contribution in [1.29, 1.82) is 5.26 Å². The molecule has 1 aromatic heterocycles. The van der Waals surface area contributed by atoms with Gasteiger partial charge >= 0.3 is 0 Å². The lowest BCUT2D eigenvalue weighted by atomic mass is 10.1. The van der Waals surface area contributed by atoms with E-state index >= 15 is 0 Å². The maximum Gasteiger partial charge on any atom is 0.268 e. The number of aldehydes is 1. The standard InChI is InChI=1S/C8H3F3N2O/c9-7(10)6-5(3-14)4(1-12)2-13-8(6)11/h2-3,7H. The third-order valence-corrected chi connectivity index (χ3v) is 1.57. The smallest absolute Gasteiger partial charge is 0.268 e. The number of halogens is 3. The molecule has 14 heavy (non-hydrogen) atoms. The van der Waals surface area contributed by atoms with Crippen molar-refractivity contribution in [3.63, 3.8) is 0 Å². The molecule has 0 radical (unpaired) electrons. The molecule has 1 heterocycles. The predicted octanol–water partition coefficient (Wildman–Crippen LogP) is 1.84. The van der Waals surface area contributed by atoms with Gasteiger partial charge in [-0.25, -0.2) is 13.8 Å². The van der Waals surface area contributed by atoms with Crippen LogP contribution < -0.4 is 0 Å². The molecule has 3 nitrogen and oxygen atoms in total. The Morgan fingerprint density at radius 1 is 1.57 bits per heavy atom. The van der Waals surface area contributed by atoms with Crippen molar-refractivity contribution < 1.29 is 18.0 Å². The first kappa shape index (κ1) is 10.2. The highest BCUT2D eigenvalue weighted by molar-refractivity contribution is 5.81. The van der Waals surface area contributed by atoms with Crippen LogP contribution in [0.15, 0.2) is 6.20 Å². The fraction of sp³-hybridized carbons (Fsp3) is 0.125. The normalized spacial score (nSPS) is 9.93. The maximum atomic E-state index is 12.7. The van der Waals surface area contributed by atoms with Crippen molar-refractivity contribution in [2.45, 2.75) is 6.43 Å². The molecule has 0 aromatic carbocycles. The lowest BCUT2D eigenvalue weighted by Crippen LogP contribution is -2.03. The monoisotopic (exact) mass is 200 g/mol. The molecule has 0 atom stereocenters. The van der Waals surface area contributed by atoms with E-state index in [1.807, 2.05) is 0 Å². The van der Waals surface area contributed by atoms with E-state index in [-0.39, 0.29) is 11.8 Å². The summed E-state index contributed by atoms with van der Waals surface area (Å²) in [6, 6.07) is 1.48. The van der Waals surface area contributed by atoms with Crippen LogP contribution in [0.25, 0.3) is 0 Å². The summed E-state index contributed by atoms with van der Waals surface area (Å²) in [7, 11) is 0. The molecular weight excluding hydrogens is 197 g/mol. The molecule has 0 amide bonds. The van der Waals surface area contributed by atoms with Crippen LogP contribution in [0.5, 0.6) is 0 Å². The van der Waals surface area contributed by atoms with Crippen LogP contribution in [0.4, 0.5) is 13.2 Å². The second kappa shape index (κ2) is 3.87. The minimum atomic E-state index is -3.17. The number of carbonyl (C=O) groups is 1. The Balaban J connectivity index is 3.52. The van der Waals surface area contributed by atoms with E-state index in [0.29, 0.717) is 0 Å². The predicted molar refractivity (Wildman–Crippen MR) is 39.3 cm³/mol. The van der Waals surface area contributed by atoms with E-state index in [9.17, 15) is 18.0 Å². The summed E-state index contributed by atoms with van der Waals surface area (Å²) in [6.07, 6.45) is -2.41. The number of nitriles is 1. The Hall–Kier alpha value is -1.90. The fourth-order valence-corrected chi connectivity index (χ4v) is 0.940. The molecule has 0 aliphatic carbocycles. The number of hydrogen-bond acceptors (Lipinski definition) is 3. The van der Waals surface area contributed by atoms with E-state index in [0.717, 1.165) is 6.20 Å². The van der Waals surface area contributed by atoms with Crippen molar-refractivity contribution >= 4 is 6.29 Å². The van der Waals surface area contributed by atoms with Gasteiger partial charge in [-0.15, -0.1) is 0 Å². The Morgan fingerprint density at radius 2 is 2.21 bits per heavy atom. The first-order valence-corrected chi connectivity index (χ1v) is 3.43. The number of nitrogens with zero attached hydrogens (tertiary/aromatic N) is 2. The molecule has 0 saturated carbocycles. The average molecular weight is 200 g/mol. The fourth-order valence-electron chi connectivity index (χ4n) is 0.940. The van der Waals surface area contributed by atoms with Crippen LogP contribution in [0.1, 0.15) is 27.9 Å². The van der Waals surface area contributed by atoms with E-state index in [1.54, 1.807) is 0 Å². The number of rotatable bonds is 2. The molecule has 1 aromatic rings. The van der Waals surface area contributed by atoms with Gasteiger partial charge in [0, 0.05) is 11.8 Å². The van der Waals surface area contributed by atoms with Gasteiger partial charge in [-0.3, -0.25) is 4.79 Å². The van der Waals surface area contributed by atoms with Gasteiger partial charge in [0.15, 0.2) is 6.29 Å².